The summed E-state index contributed by atoms with van der Waals surface area (Å²) in [7, 11) is 0. The van der Waals surface area contributed by atoms with E-state index in [1.807, 2.05) is 18.2 Å². The molecule has 20 heavy (non-hydrogen) atoms. The van der Waals surface area contributed by atoms with Gasteiger partial charge in [-0.05, 0) is 36.0 Å². The fourth-order valence-corrected chi connectivity index (χ4v) is 3.09. The van der Waals surface area contributed by atoms with Gasteiger partial charge in [-0.15, -0.1) is 0 Å². The normalized spacial score (nSPS) is 24.9. The van der Waals surface area contributed by atoms with E-state index in [-0.39, 0.29) is 12.1 Å². The molecule has 2 N–H and O–H groups in total. The first-order chi connectivity index (χ1) is 9.81. The Morgan fingerprint density at radius 3 is 2.60 bits per heavy atom. The van der Waals surface area contributed by atoms with Gasteiger partial charge in [0.2, 0.25) is 0 Å². The molecule has 1 aliphatic heterocycles. The summed E-state index contributed by atoms with van der Waals surface area (Å²) in [6, 6.07) is 17.0. The molecule has 2 heteroatoms. The van der Waals surface area contributed by atoms with Crippen molar-refractivity contribution in [2.75, 3.05) is 0 Å². The Hall–Kier alpha value is -1.80. The Morgan fingerprint density at radius 2 is 1.75 bits per heavy atom. The van der Waals surface area contributed by atoms with Crippen LogP contribution in [-0.4, -0.2) is 0 Å². The second kappa shape index (κ2) is 4.64. The van der Waals surface area contributed by atoms with Gasteiger partial charge >= 0.3 is 0 Å². The molecular formula is C18H19NO. The number of hydrogen-bond acceptors (Lipinski definition) is 2. The van der Waals surface area contributed by atoms with Crippen LogP contribution >= 0.6 is 0 Å². The SMILES string of the molecule is N[C@H]1CC(c2cccc(C3CC3)c2)Oc2ccccc21. The van der Waals surface area contributed by atoms with E-state index in [4.69, 9.17) is 10.5 Å². The van der Waals surface area contributed by atoms with Crippen molar-refractivity contribution in [2.24, 2.45) is 5.73 Å². The Balaban J connectivity index is 1.65. The molecule has 2 aliphatic rings. The van der Waals surface area contributed by atoms with Crippen LogP contribution in [0.15, 0.2) is 48.5 Å². The molecule has 102 valence electrons. The molecule has 0 amide bonds. The molecule has 1 aliphatic carbocycles. The van der Waals surface area contributed by atoms with Gasteiger partial charge < -0.3 is 10.5 Å². The Bertz CT molecular complexity index is 633. The first-order valence-electron chi connectivity index (χ1n) is 7.42. The number of fused-ring (bicyclic) bond motifs is 1. The molecule has 0 saturated heterocycles. The molecular weight excluding hydrogens is 246 g/mol. The van der Waals surface area contributed by atoms with Crippen molar-refractivity contribution in [3.63, 3.8) is 0 Å². The van der Waals surface area contributed by atoms with Gasteiger partial charge in [0.1, 0.15) is 11.9 Å². The van der Waals surface area contributed by atoms with Gasteiger partial charge in [-0.3, -0.25) is 0 Å². The van der Waals surface area contributed by atoms with Gasteiger partial charge in [-0.1, -0.05) is 42.5 Å². The van der Waals surface area contributed by atoms with Crippen LogP contribution in [0.25, 0.3) is 0 Å². The third-order valence-electron chi connectivity index (χ3n) is 4.39. The molecule has 0 aromatic heterocycles. The zero-order valence-electron chi connectivity index (χ0n) is 11.5. The highest BCUT2D eigenvalue weighted by Crippen LogP contribution is 2.43. The summed E-state index contributed by atoms with van der Waals surface area (Å²) in [4.78, 5) is 0. The quantitative estimate of drug-likeness (QED) is 0.887. The predicted molar refractivity (Wildman–Crippen MR) is 79.8 cm³/mol. The van der Waals surface area contributed by atoms with Crippen LogP contribution in [-0.2, 0) is 0 Å². The molecule has 1 fully saturated rings. The minimum Gasteiger partial charge on any atom is -0.485 e. The smallest absolute Gasteiger partial charge is 0.126 e. The van der Waals surface area contributed by atoms with E-state index in [0.717, 1.165) is 23.7 Å². The number of ether oxygens (including phenoxy) is 1. The number of para-hydroxylation sites is 1. The molecule has 1 saturated carbocycles. The van der Waals surface area contributed by atoms with Gasteiger partial charge in [0.25, 0.3) is 0 Å². The van der Waals surface area contributed by atoms with Gasteiger partial charge in [0, 0.05) is 18.0 Å². The molecule has 1 heterocycles. The summed E-state index contributed by atoms with van der Waals surface area (Å²) >= 11 is 0. The average molecular weight is 265 g/mol. The highest BCUT2D eigenvalue weighted by atomic mass is 16.5. The van der Waals surface area contributed by atoms with E-state index in [9.17, 15) is 0 Å². The van der Waals surface area contributed by atoms with Crippen molar-refractivity contribution in [3.8, 4) is 5.75 Å². The van der Waals surface area contributed by atoms with Gasteiger partial charge in [0.05, 0.1) is 0 Å². The summed E-state index contributed by atoms with van der Waals surface area (Å²) in [6.45, 7) is 0. The van der Waals surface area contributed by atoms with Crippen LogP contribution in [0.2, 0.25) is 0 Å². The molecule has 0 spiro atoms. The van der Waals surface area contributed by atoms with Crippen molar-refractivity contribution in [3.05, 3.63) is 65.2 Å². The van der Waals surface area contributed by atoms with E-state index in [2.05, 4.69) is 30.3 Å². The van der Waals surface area contributed by atoms with Crippen LogP contribution in [0.3, 0.4) is 0 Å². The van der Waals surface area contributed by atoms with E-state index < -0.39 is 0 Å². The summed E-state index contributed by atoms with van der Waals surface area (Å²) in [5.74, 6) is 1.72. The van der Waals surface area contributed by atoms with Crippen LogP contribution < -0.4 is 10.5 Å². The second-order valence-electron chi connectivity index (χ2n) is 5.93. The zero-order chi connectivity index (χ0) is 13.5. The van der Waals surface area contributed by atoms with Crippen molar-refractivity contribution < 1.29 is 4.74 Å². The average Bonchev–Trinajstić information content (AvgIpc) is 3.32. The minimum absolute atomic E-state index is 0.0644. The summed E-state index contributed by atoms with van der Waals surface area (Å²) < 4.78 is 6.16. The zero-order valence-corrected chi connectivity index (χ0v) is 11.5. The first-order valence-corrected chi connectivity index (χ1v) is 7.42. The van der Waals surface area contributed by atoms with Crippen LogP contribution in [0, 0.1) is 0 Å². The molecule has 0 bridgehead atoms. The van der Waals surface area contributed by atoms with E-state index in [1.165, 1.54) is 24.0 Å². The monoisotopic (exact) mass is 265 g/mol. The van der Waals surface area contributed by atoms with Crippen LogP contribution in [0.4, 0.5) is 0 Å². The minimum atomic E-state index is 0.0644. The molecule has 2 atom stereocenters. The molecule has 1 unspecified atom stereocenters. The van der Waals surface area contributed by atoms with Gasteiger partial charge in [-0.25, -0.2) is 0 Å². The van der Waals surface area contributed by atoms with E-state index in [1.54, 1.807) is 0 Å². The molecule has 4 rings (SSSR count). The number of nitrogens with two attached hydrogens (primary N) is 1. The number of rotatable bonds is 2. The summed E-state index contributed by atoms with van der Waals surface area (Å²) in [6.07, 6.45) is 3.60. The largest absolute Gasteiger partial charge is 0.485 e. The van der Waals surface area contributed by atoms with Crippen molar-refractivity contribution in [1.82, 2.24) is 0 Å². The summed E-state index contributed by atoms with van der Waals surface area (Å²) in [5.41, 5.74) is 10.2. The lowest BCUT2D eigenvalue weighted by molar-refractivity contribution is 0.161. The molecule has 2 aromatic carbocycles. The number of benzene rings is 2. The second-order valence-corrected chi connectivity index (χ2v) is 5.93. The van der Waals surface area contributed by atoms with Crippen molar-refractivity contribution >= 4 is 0 Å². The fraction of sp³-hybridized carbons (Fsp3) is 0.333. The lowest BCUT2D eigenvalue weighted by atomic mass is 9.92. The Morgan fingerprint density at radius 1 is 0.950 bits per heavy atom. The van der Waals surface area contributed by atoms with Crippen molar-refractivity contribution in [2.45, 2.75) is 37.3 Å². The summed E-state index contributed by atoms with van der Waals surface area (Å²) in [5, 5.41) is 0. The standard InChI is InChI=1S/C18H19NO/c19-16-11-18(20-17-7-2-1-6-15(16)17)14-5-3-4-13(10-14)12-8-9-12/h1-7,10,12,16,18H,8-9,11,19H2/t16-,18?/m0/s1. The van der Waals surface area contributed by atoms with Gasteiger partial charge in [-0.2, -0.15) is 0 Å². The molecule has 0 radical (unpaired) electrons. The van der Waals surface area contributed by atoms with Crippen molar-refractivity contribution in [1.29, 1.82) is 0 Å². The number of hydrogen-bond donors (Lipinski definition) is 1. The maximum absolute atomic E-state index is 6.30. The Labute approximate surface area is 119 Å². The molecule has 2 nitrogen and oxygen atoms in total. The van der Waals surface area contributed by atoms with Crippen LogP contribution in [0.5, 0.6) is 5.75 Å². The molecule has 2 aromatic rings. The maximum atomic E-state index is 6.30. The third kappa shape index (κ3) is 2.10. The predicted octanol–water partition coefficient (Wildman–Crippen LogP) is 4.09. The lowest BCUT2D eigenvalue weighted by Crippen LogP contribution is -2.24. The van der Waals surface area contributed by atoms with Crippen LogP contribution in [0.1, 0.15) is 54.0 Å². The lowest BCUT2D eigenvalue weighted by Gasteiger charge is -2.30. The maximum Gasteiger partial charge on any atom is 0.126 e. The fourth-order valence-electron chi connectivity index (χ4n) is 3.09. The topological polar surface area (TPSA) is 35.2 Å². The third-order valence-corrected chi connectivity index (χ3v) is 4.39. The first kappa shape index (κ1) is 12.0. The Kier molecular flexibility index (Phi) is 2.78. The van der Waals surface area contributed by atoms with E-state index >= 15 is 0 Å². The van der Waals surface area contributed by atoms with E-state index in [0.29, 0.717) is 0 Å². The highest BCUT2D eigenvalue weighted by molar-refractivity contribution is 5.40. The van der Waals surface area contributed by atoms with Gasteiger partial charge in [0.15, 0.2) is 0 Å². The highest BCUT2D eigenvalue weighted by Gasteiger charge is 2.28.